The number of nitrogens with one attached hydrogen (secondary N) is 1. The van der Waals surface area contributed by atoms with Crippen molar-refractivity contribution in [2.75, 3.05) is 0 Å². The van der Waals surface area contributed by atoms with E-state index in [1.807, 2.05) is 24.3 Å². The van der Waals surface area contributed by atoms with E-state index in [1.54, 1.807) is 0 Å². The highest BCUT2D eigenvalue weighted by atomic mass is 35.5. The summed E-state index contributed by atoms with van der Waals surface area (Å²) in [5.41, 5.74) is 1.76. The molecule has 0 aliphatic heterocycles. The Hall–Kier alpha value is -1.32. The van der Waals surface area contributed by atoms with E-state index in [9.17, 15) is 0 Å². The lowest BCUT2D eigenvalue weighted by atomic mass is 10.1. The number of benzene rings is 1. The maximum Gasteiger partial charge on any atom is 0.181 e. The van der Waals surface area contributed by atoms with Crippen molar-refractivity contribution < 1.29 is 4.42 Å². The molecule has 0 aliphatic carbocycles. The number of rotatable bonds is 4. The molecule has 17 heavy (non-hydrogen) atoms. The van der Waals surface area contributed by atoms with Crippen LogP contribution in [0.4, 0.5) is 0 Å². The van der Waals surface area contributed by atoms with Crippen molar-refractivity contribution in [3.63, 3.8) is 0 Å². The average Bonchev–Trinajstić information content (AvgIpc) is 2.75. The minimum atomic E-state index is 0.408. The van der Waals surface area contributed by atoms with Crippen LogP contribution in [0.15, 0.2) is 35.1 Å². The summed E-state index contributed by atoms with van der Waals surface area (Å²) in [6.07, 6.45) is 1.45. The molecule has 0 radical (unpaired) electrons. The van der Waals surface area contributed by atoms with Crippen LogP contribution in [0, 0.1) is 0 Å². The van der Waals surface area contributed by atoms with Crippen LogP contribution in [0.5, 0.6) is 0 Å². The van der Waals surface area contributed by atoms with Gasteiger partial charge >= 0.3 is 0 Å². The molecule has 1 aromatic heterocycles. The number of aromatic nitrogens is 1. The van der Waals surface area contributed by atoms with E-state index >= 15 is 0 Å². The standard InChI is InChI=1S/C13H15ClN2O/c1-9(2)15-7-12-13(17-8-16-12)10-5-3-4-6-11(10)14/h3-6,8-9,15H,7H2,1-2H3. The third kappa shape index (κ3) is 2.87. The van der Waals surface area contributed by atoms with E-state index in [4.69, 9.17) is 16.0 Å². The fourth-order valence-corrected chi connectivity index (χ4v) is 1.78. The van der Waals surface area contributed by atoms with Crippen LogP contribution in [-0.4, -0.2) is 11.0 Å². The van der Waals surface area contributed by atoms with Gasteiger partial charge in [-0.05, 0) is 12.1 Å². The summed E-state index contributed by atoms with van der Waals surface area (Å²) in [7, 11) is 0. The highest BCUT2D eigenvalue weighted by Crippen LogP contribution is 2.29. The molecule has 1 heterocycles. The second-order valence-electron chi connectivity index (χ2n) is 4.14. The van der Waals surface area contributed by atoms with Crippen LogP contribution >= 0.6 is 11.6 Å². The smallest absolute Gasteiger partial charge is 0.181 e. The molecule has 2 aromatic rings. The first-order chi connectivity index (χ1) is 8.18. The number of nitrogens with zero attached hydrogens (tertiary/aromatic N) is 1. The number of oxazole rings is 1. The predicted octanol–water partition coefficient (Wildman–Crippen LogP) is 3.49. The van der Waals surface area contributed by atoms with E-state index < -0.39 is 0 Å². The molecule has 90 valence electrons. The number of halogens is 1. The third-order valence-electron chi connectivity index (χ3n) is 2.44. The Morgan fingerprint density at radius 2 is 2.12 bits per heavy atom. The molecule has 0 aliphatic rings. The SMILES string of the molecule is CC(C)NCc1ncoc1-c1ccccc1Cl. The molecule has 1 N–H and O–H groups in total. The first-order valence-corrected chi connectivity index (χ1v) is 5.97. The van der Waals surface area contributed by atoms with Gasteiger partial charge < -0.3 is 9.73 Å². The molecular formula is C13H15ClN2O. The maximum atomic E-state index is 6.14. The first kappa shape index (κ1) is 12.1. The van der Waals surface area contributed by atoms with Gasteiger partial charge in [0.25, 0.3) is 0 Å². The fourth-order valence-electron chi connectivity index (χ4n) is 1.56. The van der Waals surface area contributed by atoms with Crippen molar-refractivity contribution in [3.8, 4) is 11.3 Å². The van der Waals surface area contributed by atoms with Crippen LogP contribution in [-0.2, 0) is 6.54 Å². The first-order valence-electron chi connectivity index (χ1n) is 5.59. The normalized spacial score (nSPS) is 11.1. The molecule has 0 atom stereocenters. The zero-order chi connectivity index (χ0) is 12.3. The summed E-state index contributed by atoms with van der Waals surface area (Å²) in [6.45, 7) is 4.86. The second kappa shape index (κ2) is 5.34. The molecule has 2 rings (SSSR count). The minimum absolute atomic E-state index is 0.408. The topological polar surface area (TPSA) is 38.1 Å². The molecule has 3 nitrogen and oxygen atoms in total. The van der Waals surface area contributed by atoms with Gasteiger partial charge in [0.2, 0.25) is 0 Å². The van der Waals surface area contributed by atoms with Gasteiger partial charge in [0.1, 0.15) is 5.69 Å². The summed E-state index contributed by atoms with van der Waals surface area (Å²) >= 11 is 6.14. The van der Waals surface area contributed by atoms with Crippen LogP contribution < -0.4 is 5.32 Å². The maximum absolute atomic E-state index is 6.14. The Morgan fingerprint density at radius 1 is 1.35 bits per heavy atom. The Labute approximate surface area is 106 Å². The van der Waals surface area contributed by atoms with Gasteiger partial charge in [-0.1, -0.05) is 37.6 Å². The molecular weight excluding hydrogens is 236 g/mol. The largest absolute Gasteiger partial charge is 0.443 e. The zero-order valence-corrected chi connectivity index (χ0v) is 10.7. The van der Waals surface area contributed by atoms with Crippen molar-refractivity contribution in [2.24, 2.45) is 0 Å². The van der Waals surface area contributed by atoms with Crippen LogP contribution in [0.1, 0.15) is 19.5 Å². The predicted molar refractivity (Wildman–Crippen MR) is 68.9 cm³/mol. The lowest BCUT2D eigenvalue weighted by molar-refractivity contribution is 0.563. The van der Waals surface area contributed by atoms with Gasteiger partial charge in [0.15, 0.2) is 12.2 Å². The van der Waals surface area contributed by atoms with Crippen molar-refractivity contribution >= 4 is 11.6 Å². The van der Waals surface area contributed by atoms with Crippen molar-refractivity contribution in [2.45, 2.75) is 26.4 Å². The fraction of sp³-hybridized carbons (Fsp3) is 0.308. The highest BCUT2D eigenvalue weighted by Gasteiger charge is 2.13. The molecule has 1 aromatic carbocycles. The van der Waals surface area contributed by atoms with Crippen LogP contribution in [0.25, 0.3) is 11.3 Å². The lowest BCUT2D eigenvalue weighted by Gasteiger charge is -2.07. The van der Waals surface area contributed by atoms with E-state index in [1.165, 1.54) is 6.39 Å². The monoisotopic (exact) mass is 250 g/mol. The Bertz CT molecular complexity index is 494. The average molecular weight is 251 g/mol. The Kier molecular flexibility index (Phi) is 3.82. The molecule has 0 unspecified atom stereocenters. The Morgan fingerprint density at radius 3 is 2.82 bits per heavy atom. The highest BCUT2D eigenvalue weighted by molar-refractivity contribution is 6.33. The molecule has 0 saturated carbocycles. The van der Waals surface area contributed by atoms with Crippen molar-refractivity contribution in [1.82, 2.24) is 10.3 Å². The summed E-state index contributed by atoms with van der Waals surface area (Å²) in [4.78, 5) is 4.22. The van der Waals surface area contributed by atoms with Crippen LogP contribution in [0.2, 0.25) is 5.02 Å². The summed E-state index contributed by atoms with van der Waals surface area (Å²) in [5, 5.41) is 3.99. The van der Waals surface area contributed by atoms with Gasteiger partial charge in [-0.25, -0.2) is 4.98 Å². The Balaban J connectivity index is 2.28. The molecule has 0 bridgehead atoms. The summed E-state index contributed by atoms with van der Waals surface area (Å²) < 4.78 is 5.43. The van der Waals surface area contributed by atoms with Gasteiger partial charge in [-0.2, -0.15) is 0 Å². The quantitative estimate of drug-likeness (QED) is 0.903. The summed E-state index contributed by atoms with van der Waals surface area (Å²) in [6, 6.07) is 8.02. The molecule has 0 fully saturated rings. The van der Waals surface area contributed by atoms with Crippen LogP contribution in [0.3, 0.4) is 0 Å². The number of hydrogen-bond donors (Lipinski definition) is 1. The molecule has 0 saturated heterocycles. The van der Waals surface area contributed by atoms with Gasteiger partial charge in [0, 0.05) is 18.2 Å². The third-order valence-corrected chi connectivity index (χ3v) is 2.77. The number of hydrogen-bond acceptors (Lipinski definition) is 3. The van der Waals surface area contributed by atoms with Gasteiger partial charge in [0.05, 0.1) is 5.02 Å². The van der Waals surface area contributed by atoms with E-state index in [0.29, 0.717) is 17.6 Å². The molecule has 0 amide bonds. The zero-order valence-electron chi connectivity index (χ0n) is 9.90. The van der Waals surface area contributed by atoms with Gasteiger partial charge in [-0.15, -0.1) is 0 Å². The second-order valence-corrected chi connectivity index (χ2v) is 4.55. The molecule has 4 heteroatoms. The van der Waals surface area contributed by atoms with E-state index in [2.05, 4.69) is 24.1 Å². The van der Waals surface area contributed by atoms with Crippen molar-refractivity contribution in [3.05, 3.63) is 41.4 Å². The lowest BCUT2D eigenvalue weighted by Crippen LogP contribution is -2.22. The van der Waals surface area contributed by atoms with E-state index in [-0.39, 0.29) is 0 Å². The molecule has 0 spiro atoms. The van der Waals surface area contributed by atoms with Gasteiger partial charge in [-0.3, -0.25) is 0 Å². The van der Waals surface area contributed by atoms with Crippen molar-refractivity contribution in [1.29, 1.82) is 0 Å². The summed E-state index contributed by atoms with van der Waals surface area (Å²) in [5.74, 6) is 0.740. The van der Waals surface area contributed by atoms with E-state index in [0.717, 1.165) is 17.0 Å². The minimum Gasteiger partial charge on any atom is -0.443 e.